The molecule has 4 rings (SSSR count). The molecule has 0 spiro atoms. The largest absolute Gasteiger partial charge is 0.481 e. The maximum absolute atomic E-state index is 11.6. The van der Waals surface area contributed by atoms with Crippen LogP contribution in [0.2, 0.25) is 0 Å². The Morgan fingerprint density at radius 1 is 1.19 bits per heavy atom. The van der Waals surface area contributed by atoms with Crippen LogP contribution in [0.1, 0.15) is 99.1 Å². The van der Waals surface area contributed by atoms with Gasteiger partial charge in [0.1, 0.15) is 5.76 Å². The minimum Gasteiger partial charge on any atom is -0.481 e. The van der Waals surface area contributed by atoms with Gasteiger partial charge in [0.2, 0.25) is 0 Å². The van der Waals surface area contributed by atoms with Gasteiger partial charge in [-0.25, -0.2) is 0 Å². The Morgan fingerprint density at radius 3 is 2.58 bits per heavy atom. The van der Waals surface area contributed by atoms with Crippen molar-refractivity contribution in [1.82, 2.24) is 5.16 Å². The van der Waals surface area contributed by atoms with E-state index in [2.05, 4.69) is 19.0 Å². The zero-order valence-corrected chi connectivity index (χ0v) is 18.8. The lowest BCUT2D eigenvalue weighted by Gasteiger charge is -2.35. The van der Waals surface area contributed by atoms with Crippen LogP contribution in [0.15, 0.2) is 34.9 Å². The second-order valence-electron chi connectivity index (χ2n) is 9.91. The first-order valence-corrected chi connectivity index (χ1v) is 11.8. The standard InChI is InChI=1S/C26H35NO4/c1-17(2)12-19-13-22(14-19)26-24(20-8-9-20)25(27-31-26)21(15-23(28)29)10-11-30-16-18-6-4-3-5-7-18/h3-7,17,19-22H,8-16H2,1-2H3,(H,28,29)/t19?,21-,22?/m1/s1. The normalized spacial score (nSPS) is 21.8. The number of carboxylic acid groups (broad SMARTS) is 1. The van der Waals surface area contributed by atoms with Crippen molar-refractivity contribution in [2.75, 3.05) is 6.61 Å². The highest BCUT2D eigenvalue weighted by molar-refractivity contribution is 5.68. The van der Waals surface area contributed by atoms with Crippen molar-refractivity contribution < 1.29 is 19.2 Å². The molecule has 5 nitrogen and oxygen atoms in total. The van der Waals surface area contributed by atoms with Crippen LogP contribution in [0.5, 0.6) is 0 Å². The third-order valence-corrected chi connectivity index (χ3v) is 6.71. The fourth-order valence-corrected chi connectivity index (χ4v) is 5.04. The molecule has 0 saturated heterocycles. The lowest BCUT2D eigenvalue weighted by Crippen LogP contribution is -2.23. The minimum atomic E-state index is -0.792. The van der Waals surface area contributed by atoms with E-state index in [0.29, 0.717) is 31.5 Å². The molecule has 31 heavy (non-hydrogen) atoms. The number of carboxylic acids is 1. The van der Waals surface area contributed by atoms with Gasteiger partial charge in [-0.3, -0.25) is 4.79 Å². The van der Waals surface area contributed by atoms with E-state index >= 15 is 0 Å². The number of aromatic nitrogens is 1. The first-order chi connectivity index (χ1) is 15.0. The molecule has 1 heterocycles. The van der Waals surface area contributed by atoms with Gasteiger partial charge in [-0.05, 0) is 61.8 Å². The van der Waals surface area contributed by atoms with Gasteiger partial charge in [0.05, 0.1) is 18.7 Å². The Labute approximate surface area is 185 Å². The molecule has 0 amide bonds. The number of carbonyl (C=O) groups is 1. The predicted octanol–water partition coefficient (Wildman–Crippen LogP) is 6.26. The number of aliphatic carboxylic acids is 1. The molecule has 2 aliphatic rings. The lowest BCUT2D eigenvalue weighted by molar-refractivity contribution is -0.137. The smallest absolute Gasteiger partial charge is 0.304 e. The molecule has 2 aliphatic carbocycles. The Bertz CT molecular complexity index is 850. The topological polar surface area (TPSA) is 72.6 Å². The molecule has 5 heteroatoms. The summed E-state index contributed by atoms with van der Waals surface area (Å²) >= 11 is 0. The maximum Gasteiger partial charge on any atom is 0.304 e. The first-order valence-electron chi connectivity index (χ1n) is 11.8. The predicted molar refractivity (Wildman–Crippen MR) is 119 cm³/mol. The number of ether oxygens (including phenoxy) is 1. The molecule has 1 aromatic heterocycles. The summed E-state index contributed by atoms with van der Waals surface area (Å²) in [6.07, 6.45) is 6.66. The van der Waals surface area contributed by atoms with E-state index in [-0.39, 0.29) is 12.3 Å². The highest BCUT2D eigenvalue weighted by Crippen LogP contribution is 2.52. The molecule has 0 bridgehead atoms. The molecule has 168 valence electrons. The summed E-state index contributed by atoms with van der Waals surface area (Å²) < 4.78 is 11.8. The fraction of sp³-hybridized carbons (Fsp3) is 0.615. The van der Waals surface area contributed by atoms with Crippen molar-refractivity contribution in [2.24, 2.45) is 11.8 Å². The third kappa shape index (κ3) is 5.76. The third-order valence-electron chi connectivity index (χ3n) is 6.71. The second kappa shape index (κ2) is 9.99. The highest BCUT2D eigenvalue weighted by atomic mass is 16.5. The molecule has 0 unspecified atom stereocenters. The quantitative estimate of drug-likeness (QED) is 0.407. The van der Waals surface area contributed by atoms with Crippen LogP contribution in [0.25, 0.3) is 0 Å². The van der Waals surface area contributed by atoms with E-state index in [1.165, 1.54) is 24.8 Å². The van der Waals surface area contributed by atoms with Crippen molar-refractivity contribution >= 4 is 5.97 Å². The van der Waals surface area contributed by atoms with E-state index in [4.69, 9.17) is 9.26 Å². The maximum atomic E-state index is 11.6. The average molecular weight is 426 g/mol. The van der Waals surface area contributed by atoms with Crippen LogP contribution in [0, 0.1) is 11.8 Å². The molecule has 0 aliphatic heterocycles. The van der Waals surface area contributed by atoms with Gasteiger partial charge >= 0.3 is 5.97 Å². The fourth-order valence-electron chi connectivity index (χ4n) is 5.04. The number of hydrogen-bond acceptors (Lipinski definition) is 4. The van der Waals surface area contributed by atoms with Gasteiger partial charge in [-0.1, -0.05) is 49.3 Å². The lowest BCUT2D eigenvalue weighted by atomic mass is 9.69. The summed E-state index contributed by atoms with van der Waals surface area (Å²) in [5, 5.41) is 14.0. The molecular weight excluding hydrogens is 390 g/mol. The zero-order valence-electron chi connectivity index (χ0n) is 18.8. The van der Waals surface area contributed by atoms with Gasteiger partial charge in [0, 0.05) is 24.0 Å². The van der Waals surface area contributed by atoms with Gasteiger partial charge < -0.3 is 14.4 Å². The zero-order chi connectivity index (χ0) is 21.8. The molecule has 2 fully saturated rings. The second-order valence-corrected chi connectivity index (χ2v) is 9.91. The number of nitrogens with zero attached hydrogens (tertiary/aromatic N) is 1. The van der Waals surface area contributed by atoms with Crippen molar-refractivity contribution in [3.63, 3.8) is 0 Å². The first kappa shape index (κ1) is 22.1. The SMILES string of the molecule is CC(C)CC1CC(c2onc([C@H](CCOCc3ccccc3)CC(=O)O)c2C2CC2)C1. The van der Waals surface area contributed by atoms with E-state index in [9.17, 15) is 9.90 Å². The van der Waals surface area contributed by atoms with Crippen molar-refractivity contribution in [3.8, 4) is 0 Å². The average Bonchev–Trinajstić information content (AvgIpc) is 3.46. The van der Waals surface area contributed by atoms with E-state index in [0.717, 1.165) is 41.7 Å². The van der Waals surface area contributed by atoms with Crippen LogP contribution in [0.3, 0.4) is 0 Å². The molecule has 1 atom stereocenters. The van der Waals surface area contributed by atoms with Crippen LogP contribution in [-0.2, 0) is 16.1 Å². The summed E-state index contributed by atoms with van der Waals surface area (Å²) in [7, 11) is 0. The Morgan fingerprint density at radius 2 is 1.94 bits per heavy atom. The monoisotopic (exact) mass is 425 g/mol. The molecule has 1 aromatic carbocycles. The number of benzene rings is 1. The van der Waals surface area contributed by atoms with E-state index < -0.39 is 5.97 Å². The van der Waals surface area contributed by atoms with Crippen molar-refractivity contribution in [2.45, 2.75) is 83.2 Å². The summed E-state index contributed by atoms with van der Waals surface area (Å²) in [6, 6.07) is 10.1. The molecular formula is C26H35NO4. The van der Waals surface area contributed by atoms with Crippen LogP contribution in [-0.4, -0.2) is 22.8 Å². The minimum absolute atomic E-state index is 0.0705. The van der Waals surface area contributed by atoms with Gasteiger partial charge in [-0.2, -0.15) is 0 Å². The van der Waals surface area contributed by atoms with Crippen LogP contribution in [0.4, 0.5) is 0 Å². The summed E-state index contributed by atoms with van der Waals surface area (Å²) in [6.45, 7) is 5.62. The van der Waals surface area contributed by atoms with E-state index in [1.54, 1.807) is 0 Å². The highest BCUT2D eigenvalue weighted by Gasteiger charge is 2.41. The van der Waals surface area contributed by atoms with Gasteiger partial charge in [0.15, 0.2) is 0 Å². The number of hydrogen-bond donors (Lipinski definition) is 1. The van der Waals surface area contributed by atoms with Crippen molar-refractivity contribution in [1.29, 1.82) is 0 Å². The molecule has 2 saturated carbocycles. The Balaban J connectivity index is 1.41. The summed E-state index contributed by atoms with van der Waals surface area (Å²) in [5.74, 6) is 2.58. The summed E-state index contributed by atoms with van der Waals surface area (Å²) in [4.78, 5) is 11.6. The Hall–Kier alpha value is -2.14. The van der Waals surface area contributed by atoms with Gasteiger partial charge in [-0.15, -0.1) is 0 Å². The number of rotatable bonds is 12. The Kier molecular flexibility index (Phi) is 7.11. The summed E-state index contributed by atoms with van der Waals surface area (Å²) in [5.41, 5.74) is 3.25. The van der Waals surface area contributed by atoms with Crippen LogP contribution < -0.4 is 0 Å². The van der Waals surface area contributed by atoms with Gasteiger partial charge in [0.25, 0.3) is 0 Å². The molecule has 2 aromatic rings. The van der Waals surface area contributed by atoms with Crippen LogP contribution >= 0.6 is 0 Å². The molecule has 1 N–H and O–H groups in total. The van der Waals surface area contributed by atoms with Crippen molar-refractivity contribution in [3.05, 3.63) is 52.9 Å². The molecule has 0 radical (unpaired) electrons. The van der Waals surface area contributed by atoms with E-state index in [1.807, 2.05) is 30.3 Å².